The molecule has 0 saturated carbocycles. The molecule has 0 spiro atoms. The van der Waals surface area contributed by atoms with E-state index in [1.165, 1.54) is 12.1 Å². The highest BCUT2D eigenvalue weighted by molar-refractivity contribution is 6.46. The Hall–Kier alpha value is -1.55. The summed E-state index contributed by atoms with van der Waals surface area (Å²) in [5.41, 5.74) is 1.52. The normalized spacial score (nSPS) is 11.3. The van der Waals surface area contributed by atoms with E-state index in [4.69, 9.17) is 39.5 Å². The molecule has 0 saturated heterocycles. The summed E-state index contributed by atoms with van der Waals surface area (Å²) in [6.45, 7) is 5.85. The molecule has 6 heteroatoms. The van der Waals surface area contributed by atoms with Crippen LogP contribution in [0.25, 0.3) is 0 Å². The lowest BCUT2D eigenvalue weighted by Crippen LogP contribution is -2.16. The van der Waals surface area contributed by atoms with Gasteiger partial charge in [-0.3, -0.25) is 4.79 Å². The quantitative estimate of drug-likeness (QED) is 0.360. The van der Waals surface area contributed by atoms with Crippen molar-refractivity contribution in [3.63, 3.8) is 0 Å². The zero-order valence-corrected chi connectivity index (χ0v) is 16.3. The molecule has 0 aromatic heterocycles. The summed E-state index contributed by atoms with van der Waals surface area (Å²) in [6, 6.07) is 10.1. The third-order valence-corrected chi connectivity index (χ3v) is 4.77. The van der Waals surface area contributed by atoms with Crippen LogP contribution in [0.15, 0.2) is 36.4 Å². The molecule has 0 unspecified atom stereocenters. The predicted octanol–water partition coefficient (Wildman–Crippen LogP) is 5.98. The first kappa shape index (κ1) is 19.8. The Morgan fingerprint density at radius 3 is 2.04 bits per heavy atom. The summed E-state index contributed by atoms with van der Waals surface area (Å²) >= 11 is 17.8. The largest absolute Gasteiger partial charge is 0.454 e. The van der Waals surface area contributed by atoms with Crippen molar-refractivity contribution in [2.45, 2.75) is 26.2 Å². The Labute approximate surface area is 161 Å². The average molecular weight is 400 g/mol. The third kappa shape index (κ3) is 4.75. The van der Waals surface area contributed by atoms with Gasteiger partial charge >= 0.3 is 5.97 Å². The maximum absolute atomic E-state index is 12.2. The van der Waals surface area contributed by atoms with E-state index in [-0.39, 0.29) is 31.8 Å². The van der Waals surface area contributed by atoms with Gasteiger partial charge in [-0.15, -0.1) is 0 Å². The fourth-order valence-corrected chi connectivity index (χ4v) is 2.84. The van der Waals surface area contributed by atoms with Crippen molar-refractivity contribution in [3.05, 3.63) is 68.2 Å². The topological polar surface area (TPSA) is 43.4 Å². The molecule has 0 heterocycles. The number of ketones is 1. The summed E-state index contributed by atoms with van der Waals surface area (Å²) in [4.78, 5) is 24.4. The molecule has 0 atom stereocenters. The molecule has 132 valence electrons. The van der Waals surface area contributed by atoms with Crippen LogP contribution in [0.3, 0.4) is 0 Å². The molecule has 0 amide bonds. The number of ether oxygens (including phenoxy) is 1. The highest BCUT2D eigenvalue weighted by Gasteiger charge is 2.20. The van der Waals surface area contributed by atoms with Gasteiger partial charge in [0, 0.05) is 5.56 Å². The van der Waals surface area contributed by atoms with E-state index < -0.39 is 12.6 Å². The van der Waals surface area contributed by atoms with Crippen molar-refractivity contribution >= 4 is 46.6 Å². The number of carbonyl (C=O) groups excluding carboxylic acids is 2. The van der Waals surface area contributed by atoms with E-state index in [1.54, 1.807) is 12.1 Å². The lowest BCUT2D eigenvalue weighted by molar-refractivity contribution is 0.0475. The monoisotopic (exact) mass is 398 g/mol. The summed E-state index contributed by atoms with van der Waals surface area (Å²) in [7, 11) is 0. The number of Topliss-reactive ketones (excluding diaryl/α,β-unsaturated/α-hetero) is 1. The van der Waals surface area contributed by atoms with Crippen LogP contribution in [-0.2, 0) is 10.2 Å². The lowest BCUT2D eigenvalue weighted by Gasteiger charge is -2.19. The van der Waals surface area contributed by atoms with Crippen molar-refractivity contribution < 1.29 is 14.3 Å². The van der Waals surface area contributed by atoms with Crippen LogP contribution in [-0.4, -0.2) is 18.4 Å². The molecule has 0 N–H and O–H groups in total. The molecule has 0 bridgehead atoms. The fraction of sp³-hybridized carbons (Fsp3) is 0.263. The van der Waals surface area contributed by atoms with Crippen LogP contribution in [0.2, 0.25) is 15.1 Å². The van der Waals surface area contributed by atoms with E-state index in [0.29, 0.717) is 5.56 Å². The number of halogens is 3. The molecule has 2 rings (SSSR count). The number of benzene rings is 2. The summed E-state index contributed by atoms with van der Waals surface area (Å²) in [5, 5.41) is 0.296. The Bertz CT molecular complexity index is 806. The van der Waals surface area contributed by atoms with Crippen molar-refractivity contribution in [3.8, 4) is 0 Å². The molecule has 2 aromatic rings. The molecule has 2 aromatic carbocycles. The summed E-state index contributed by atoms with van der Waals surface area (Å²) in [6.07, 6.45) is 0. The molecular formula is C19H17Cl3O3. The molecular weight excluding hydrogens is 383 g/mol. The van der Waals surface area contributed by atoms with E-state index >= 15 is 0 Å². The lowest BCUT2D eigenvalue weighted by atomic mass is 9.86. The van der Waals surface area contributed by atoms with Gasteiger partial charge in [0.2, 0.25) is 0 Å². The van der Waals surface area contributed by atoms with Crippen molar-refractivity contribution in [2.24, 2.45) is 0 Å². The van der Waals surface area contributed by atoms with Crippen LogP contribution >= 0.6 is 34.8 Å². The van der Waals surface area contributed by atoms with E-state index in [1.807, 2.05) is 12.1 Å². The van der Waals surface area contributed by atoms with Gasteiger partial charge in [-0.1, -0.05) is 79.8 Å². The highest BCUT2D eigenvalue weighted by Crippen LogP contribution is 2.32. The van der Waals surface area contributed by atoms with Crippen LogP contribution in [0.1, 0.15) is 47.1 Å². The van der Waals surface area contributed by atoms with E-state index in [9.17, 15) is 9.59 Å². The van der Waals surface area contributed by atoms with Gasteiger partial charge in [-0.05, 0) is 23.1 Å². The standard InChI is InChI=1S/C19H17Cl3O3/c1-19(2,3)12-6-4-11(5-7-12)15(23)10-25-18(24)16-13(20)8-9-14(21)17(16)22/h4-9H,10H2,1-3H3. The molecule has 0 aliphatic carbocycles. The Morgan fingerprint density at radius 1 is 0.920 bits per heavy atom. The molecule has 0 aliphatic heterocycles. The molecule has 0 fully saturated rings. The number of esters is 1. The van der Waals surface area contributed by atoms with Gasteiger partial charge in [0.1, 0.15) is 0 Å². The van der Waals surface area contributed by atoms with Gasteiger partial charge in [0.15, 0.2) is 12.4 Å². The minimum absolute atomic E-state index is 0.00106. The number of hydrogen-bond donors (Lipinski definition) is 0. The summed E-state index contributed by atoms with van der Waals surface area (Å²) < 4.78 is 5.04. The first-order valence-corrected chi connectivity index (χ1v) is 8.69. The number of hydrogen-bond acceptors (Lipinski definition) is 3. The van der Waals surface area contributed by atoms with Gasteiger partial charge in [-0.25, -0.2) is 4.79 Å². The smallest absolute Gasteiger partial charge is 0.341 e. The van der Waals surface area contributed by atoms with Crippen molar-refractivity contribution in [1.29, 1.82) is 0 Å². The fourth-order valence-electron chi connectivity index (χ4n) is 2.16. The van der Waals surface area contributed by atoms with Crippen LogP contribution in [0, 0.1) is 0 Å². The number of carbonyl (C=O) groups is 2. The maximum atomic E-state index is 12.2. The van der Waals surface area contributed by atoms with Crippen molar-refractivity contribution in [1.82, 2.24) is 0 Å². The van der Waals surface area contributed by atoms with Gasteiger partial charge in [-0.2, -0.15) is 0 Å². The van der Waals surface area contributed by atoms with Gasteiger partial charge in [0.05, 0.1) is 20.6 Å². The first-order valence-electron chi connectivity index (χ1n) is 7.55. The van der Waals surface area contributed by atoms with Crippen LogP contribution in [0.4, 0.5) is 0 Å². The zero-order chi connectivity index (χ0) is 18.8. The van der Waals surface area contributed by atoms with Crippen LogP contribution < -0.4 is 0 Å². The van der Waals surface area contributed by atoms with Crippen LogP contribution in [0.5, 0.6) is 0 Å². The zero-order valence-electron chi connectivity index (χ0n) is 14.0. The van der Waals surface area contributed by atoms with E-state index in [2.05, 4.69) is 20.8 Å². The Balaban J connectivity index is 2.08. The van der Waals surface area contributed by atoms with Crippen molar-refractivity contribution in [2.75, 3.05) is 6.61 Å². The van der Waals surface area contributed by atoms with Gasteiger partial charge < -0.3 is 4.74 Å². The minimum atomic E-state index is -0.794. The minimum Gasteiger partial charge on any atom is -0.454 e. The summed E-state index contributed by atoms with van der Waals surface area (Å²) in [5.74, 6) is -1.11. The molecule has 0 radical (unpaired) electrons. The maximum Gasteiger partial charge on any atom is 0.341 e. The van der Waals surface area contributed by atoms with E-state index in [0.717, 1.165) is 5.56 Å². The second-order valence-electron chi connectivity index (χ2n) is 6.54. The molecule has 3 nitrogen and oxygen atoms in total. The average Bonchev–Trinajstić information content (AvgIpc) is 2.55. The second-order valence-corrected chi connectivity index (χ2v) is 7.74. The second kappa shape index (κ2) is 7.77. The molecule has 25 heavy (non-hydrogen) atoms. The highest BCUT2D eigenvalue weighted by atomic mass is 35.5. The van der Waals surface area contributed by atoms with Gasteiger partial charge in [0.25, 0.3) is 0 Å². The number of rotatable bonds is 4. The first-order chi connectivity index (χ1) is 11.6. The third-order valence-electron chi connectivity index (χ3n) is 3.66. The Kier molecular flexibility index (Phi) is 6.15. The molecule has 0 aliphatic rings. The SMILES string of the molecule is CC(C)(C)c1ccc(C(=O)COC(=O)c2c(Cl)ccc(Cl)c2Cl)cc1. The Morgan fingerprint density at radius 2 is 1.48 bits per heavy atom. The predicted molar refractivity (Wildman–Crippen MR) is 101 cm³/mol.